The fourth-order valence-corrected chi connectivity index (χ4v) is 2.69. The van der Waals surface area contributed by atoms with E-state index in [1.54, 1.807) is 18.3 Å². The van der Waals surface area contributed by atoms with Crippen LogP contribution in [0.15, 0.2) is 73.1 Å². The van der Waals surface area contributed by atoms with Crippen LogP contribution in [0.2, 0.25) is 0 Å². The zero-order valence-electron chi connectivity index (χ0n) is 14.1. The summed E-state index contributed by atoms with van der Waals surface area (Å²) < 4.78 is 15.2. The van der Waals surface area contributed by atoms with Gasteiger partial charge >= 0.3 is 0 Å². The van der Waals surface area contributed by atoms with Crippen molar-refractivity contribution in [2.24, 2.45) is 0 Å². The fourth-order valence-electron chi connectivity index (χ4n) is 2.69. The number of hydrogen-bond donors (Lipinski definition) is 1. The molecule has 5 nitrogen and oxygen atoms in total. The smallest absolute Gasteiger partial charge is 0.227 e. The number of aromatic nitrogens is 4. The van der Waals surface area contributed by atoms with E-state index in [0.29, 0.717) is 11.6 Å². The van der Waals surface area contributed by atoms with Gasteiger partial charge in [-0.1, -0.05) is 24.3 Å². The Morgan fingerprint density at radius 2 is 1.85 bits per heavy atom. The first-order chi connectivity index (χ1) is 12.7. The average molecular weight is 345 g/mol. The number of anilines is 2. The van der Waals surface area contributed by atoms with Crippen molar-refractivity contribution in [3.8, 4) is 16.9 Å². The molecule has 0 saturated heterocycles. The van der Waals surface area contributed by atoms with Gasteiger partial charge in [-0.15, -0.1) is 0 Å². The third-order valence-electron chi connectivity index (χ3n) is 3.93. The van der Waals surface area contributed by atoms with E-state index in [-0.39, 0.29) is 5.82 Å². The molecule has 1 N–H and O–H groups in total. The molecule has 0 radical (unpaired) electrons. The zero-order valence-corrected chi connectivity index (χ0v) is 14.1. The van der Waals surface area contributed by atoms with Crippen LogP contribution in [0, 0.1) is 12.7 Å². The Kier molecular flexibility index (Phi) is 4.15. The second kappa shape index (κ2) is 6.76. The lowest BCUT2D eigenvalue weighted by Gasteiger charge is -2.06. The Morgan fingerprint density at radius 1 is 1.00 bits per heavy atom. The Morgan fingerprint density at radius 3 is 2.65 bits per heavy atom. The predicted octanol–water partition coefficient (Wildman–Crippen LogP) is 4.52. The molecule has 2 aromatic heterocycles. The van der Waals surface area contributed by atoms with Crippen molar-refractivity contribution in [3.05, 3.63) is 84.6 Å². The van der Waals surface area contributed by atoms with Gasteiger partial charge in [0.1, 0.15) is 5.82 Å². The quantitative estimate of drug-likeness (QED) is 0.591. The maximum Gasteiger partial charge on any atom is 0.227 e. The standard InChI is InChI=1S/C20H16FN5/c1-14-18(13-26(25-14)17-8-3-2-4-9-17)19-10-11-22-20(24-19)23-16-7-5-6-15(21)12-16/h2-13H,1H3,(H,22,23,24). The van der Waals surface area contributed by atoms with Crippen LogP contribution in [0.25, 0.3) is 16.9 Å². The Hall–Kier alpha value is -3.54. The lowest BCUT2D eigenvalue weighted by Crippen LogP contribution is -1.98. The monoisotopic (exact) mass is 345 g/mol. The van der Waals surface area contributed by atoms with Crippen molar-refractivity contribution >= 4 is 11.6 Å². The number of rotatable bonds is 4. The Bertz CT molecular complexity index is 1040. The van der Waals surface area contributed by atoms with Gasteiger partial charge < -0.3 is 5.32 Å². The Balaban J connectivity index is 1.66. The molecular weight excluding hydrogens is 329 g/mol. The molecule has 128 valence electrons. The molecule has 0 fully saturated rings. The molecule has 0 aliphatic carbocycles. The summed E-state index contributed by atoms with van der Waals surface area (Å²) in [6, 6.07) is 17.9. The molecule has 0 aliphatic rings. The highest BCUT2D eigenvalue weighted by Gasteiger charge is 2.11. The van der Waals surface area contributed by atoms with Crippen LogP contribution in [0.3, 0.4) is 0 Å². The predicted molar refractivity (Wildman–Crippen MR) is 99.0 cm³/mol. The summed E-state index contributed by atoms with van der Waals surface area (Å²) >= 11 is 0. The van der Waals surface area contributed by atoms with E-state index in [2.05, 4.69) is 20.4 Å². The number of aryl methyl sites for hydroxylation is 1. The molecular formula is C20H16FN5. The molecule has 0 saturated carbocycles. The molecule has 26 heavy (non-hydrogen) atoms. The minimum atomic E-state index is -0.314. The van der Waals surface area contributed by atoms with Gasteiger partial charge in [0.05, 0.1) is 17.1 Å². The number of benzene rings is 2. The van der Waals surface area contributed by atoms with Gasteiger partial charge in [0.15, 0.2) is 0 Å². The average Bonchev–Trinajstić information content (AvgIpc) is 3.05. The van der Waals surface area contributed by atoms with E-state index in [9.17, 15) is 4.39 Å². The minimum absolute atomic E-state index is 0.314. The second-order valence-corrected chi connectivity index (χ2v) is 5.81. The van der Waals surface area contributed by atoms with Crippen LogP contribution in [0.1, 0.15) is 5.69 Å². The van der Waals surface area contributed by atoms with Crippen LogP contribution in [0.5, 0.6) is 0 Å². The van der Waals surface area contributed by atoms with E-state index in [1.807, 2.05) is 54.2 Å². The minimum Gasteiger partial charge on any atom is -0.324 e. The largest absolute Gasteiger partial charge is 0.324 e. The second-order valence-electron chi connectivity index (χ2n) is 5.81. The van der Waals surface area contributed by atoms with E-state index >= 15 is 0 Å². The van der Waals surface area contributed by atoms with Gasteiger partial charge in [-0.25, -0.2) is 19.0 Å². The number of halogens is 1. The zero-order chi connectivity index (χ0) is 17.9. The first kappa shape index (κ1) is 16.0. The summed E-state index contributed by atoms with van der Waals surface area (Å²) in [4.78, 5) is 8.75. The normalized spacial score (nSPS) is 10.7. The highest BCUT2D eigenvalue weighted by molar-refractivity contribution is 5.64. The molecule has 0 atom stereocenters. The maximum atomic E-state index is 13.3. The summed E-state index contributed by atoms with van der Waals surface area (Å²) in [5, 5.41) is 7.59. The van der Waals surface area contributed by atoms with E-state index < -0.39 is 0 Å². The van der Waals surface area contributed by atoms with Gasteiger partial charge in [0.2, 0.25) is 5.95 Å². The molecule has 6 heteroatoms. The number of nitrogens with one attached hydrogen (secondary N) is 1. The van der Waals surface area contributed by atoms with Crippen molar-refractivity contribution in [2.45, 2.75) is 6.92 Å². The Labute approximate surface area is 150 Å². The summed E-state index contributed by atoms with van der Waals surface area (Å²) in [7, 11) is 0. The molecule has 2 heterocycles. The van der Waals surface area contributed by atoms with E-state index in [4.69, 9.17) is 0 Å². The molecule has 4 rings (SSSR count). The van der Waals surface area contributed by atoms with Crippen LogP contribution < -0.4 is 5.32 Å². The molecule has 4 aromatic rings. The maximum absolute atomic E-state index is 13.3. The molecule has 0 spiro atoms. The first-order valence-electron chi connectivity index (χ1n) is 8.17. The van der Waals surface area contributed by atoms with Gasteiger partial charge in [-0.05, 0) is 43.3 Å². The molecule has 0 bridgehead atoms. The summed E-state index contributed by atoms with van der Waals surface area (Å²) in [5.74, 6) is 0.0890. The van der Waals surface area contributed by atoms with Gasteiger partial charge in [0.25, 0.3) is 0 Å². The lowest BCUT2D eigenvalue weighted by molar-refractivity contribution is 0.628. The highest BCUT2D eigenvalue weighted by atomic mass is 19.1. The number of para-hydroxylation sites is 1. The van der Waals surface area contributed by atoms with Crippen molar-refractivity contribution < 1.29 is 4.39 Å². The van der Waals surface area contributed by atoms with Crippen molar-refractivity contribution in [1.29, 1.82) is 0 Å². The number of nitrogens with zero attached hydrogens (tertiary/aromatic N) is 4. The van der Waals surface area contributed by atoms with Crippen molar-refractivity contribution in [3.63, 3.8) is 0 Å². The summed E-state index contributed by atoms with van der Waals surface area (Å²) in [6.45, 7) is 1.94. The van der Waals surface area contributed by atoms with Crippen LogP contribution in [-0.2, 0) is 0 Å². The summed E-state index contributed by atoms with van der Waals surface area (Å²) in [5.41, 5.74) is 4.11. The molecule has 0 amide bonds. The fraction of sp³-hybridized carbons (Fsp3) is 0.0500. The number of hydrogen-bond acceptors (Lipinski definition) is 4. The molecule has 2 aromatic carbocycles. The van der Waals surface area contributed by atoms with Crippen molar-refractivity contribution in [2.75, 3.05) is 5.32 Å². The van der Waals surface area contributed by atoms with Crippen LogP contribution >= 0.6 is 0 Å². The van der Waals surface area contributed by atoms with Gasteiger partial charge in [-0.2, -0.15) is 5.10 Å². The van der Waals surface area contributed by atoms with E-state index in [1.165, 1.54) is 12.1 Å². The topological polar surface area (TPSA) is 55.6 Å². The first-order valence-corrected chi connectivity index (χ1v) is 8.17. The van der Waals surface area contributed by atoms with Gasteiger partial charge in [0, 0.05) is 23.6 Å². The summed E-state index contributed by atoms with van der Waals surface area (Å²) in [6.07, 6.45) is 3.61. The van der Waals surface area contributed by atoms with Crippen molar-refractivity contribution in [1.82, 2.24) is 19.7 Å². The molecule has 0 aliphatic heterocycles. The van der Waals surface area contributed by atoms with Crippen LogP contribution in [0.4, 0.5) is 16.0 Å². The van der Waals surface area contributed by atoms with Crippen LogP contribution in [-0.4, -0.2) is 19.7 Å². The SMILES string of the molecule is Cc1nn(-c2ccccc2)cc1-c1ccnc(Nc2cccc(F)c2)n1. The third-order valence-corrected chi connectivity index (χ3v) is 3.93. The van der Waals surface area contributed by atoms with Gasteiger partial charge in [-0.3, -0.25) is 0 Å². The lowest BCUT2D eigenvalue weighted by atomic mass is 10.2. The third kappa shape index (κ3) is 3.30. The highest BCUT2D eigenvalue weighted by Crippen LogP contribution is 2.23. The van der Waals surface area contributed by atoms with E-state index in [0.717, 1.165) is 22.6 Å². The molecule has 0 unspecified atom stereocenters.